The first-order valence-electron chi connectivity index (χ1n) is 11.2. The smallest absolute Gasteiger partial charge is 0.298 e. The lowest BCUT2D eigenvalue weighted by Gasteiger charge is -2.37. The maximum absolute atomic E-state index is 12.1. The van der Waals surface area contributed by atoms with Crippen molar-refractivity contribution in [2.75, 3.05) is 23.3 Å². The van der Waals surface area contributed by atoms with Crippen LogP contribution in [0.2, 0.25) is 0 Å². The second kappa shape index (κ2) is 8.65. The fourth-order valence-corrected chi connectivity index (χ4v) is 4.01. The molecule has 6 rings (SSSR count). The van der Waals surface area contributed by atoms with Gasteiger partial charge in [-0.2, -0.15) is 15.2 Å². The van der Waals surface area contributed by atoms with Crippen LogP contribution in [0.1, 0.15) is 22.1 Å². The molecule has 1 aliphatic rings. The average Bonchev–Trinajstić information content (AvgIpc) is 3.44. The number of nitrogens with two attached hydrogens (primary N) is 1. The number of hydrogen-bond donors (Lipinski definition) is 2. The zero-order chi connectivity index (χ0) is 24.6. The number of amides is 1. The van der Waals surface area contributed by atoms with Gasteiger partial charge < -0.3 is 25.1 Å². The number of carbonyl (C=O) groups excluding carboxylic acids is 1. The van der Waals surface area contributed by atoms with Crippen molar-refractivity contribution in [3.8, 4) is 11.6 Å². The van der Waals surface area contributed by atoms with E-state index >= 15 is 0 Å². The molecule has 12 heteroatoms. The van der Waals surface area contributed by atoms with Gasteiger partial charge in [0.1, 0.15) is 11.3 Å². The van der Waals surface area contributed by atoms with Gasteiger partial charge in [0.05, 0.1) is 17.6 Å². The largest absolute Gasteiger partial charge is 0.437 e. The summed E-state index contributed by atoms with van der Waals surface area (Å²) in [5.74, 6) is 0.487. The molecule has 1 aliphatic heterocycles. The maximum Gasteiger partial charge on any atom is 0.298 e. The zero-order valence-electron chi connectivity index (χ0n) is 19.2. The molecule has 0 bridgehead atoms. The number of anilines is 3. The highest BCUT2D eigenvalue weighted by atomic mass is 16.5. The highest BCUT2D eigenvalue weighted by Gasteiger charge is 2.33. The van der Waals surface area contributed by atoms with Crippen LogP contribution in [0.15, 0.2) is 65.5 Å². The normalized spacial score (nSPS) is 13.5. The summed E-state index contributed by atoms with van der Waals surface area (Å²) >= 11 is 0. The Morgan fingerprint density at radius 2 is 2.08 bits per heavy atom. The third kappa shape index (κ3) is 4.15. The number of rotatable bonds is 7. The summed E-state index contributed by atoms with van der Waals surface area (Å²) < 4.78 is 13.4. The van der Waals surface area contributed by atoms with Crippen LogP contribution in [-0.4, -0.2) is 48.9 Å². The standard InChI is InChI=1S/C24H21N9O3/c1-32-13-15(10-27-32)28-19-7-6-17(29-22(19)23(25)34)14-11-33(12-14)24-30-18-5-4-16(9-20(18)36-24)35-21-3-2-8-26-31-21/h2-10,13-14,28H,11-12H2,1H3,(H2,25,34). The minimum Gasteiger partial charge on any atom is -0.437 e. The molecule has 5 aromatic rings. The van der Waals surface area contributed by atoms with E-state index in [4.69, 9.17) is 14.9 Å². The Kier molecular flexibility index (Phi) is 5.17. The lowest BCUT2D eigenvalue weighted by molar-refractivity contribution is 0.0996. The average molecular weight is 483 g/mol. The van der Waals surface area contributed by atoms with E-state index < -0.39 is 5.91 Å². The SMILES string of the molecule is Cn1cc(Nc2ccc(C3CN(c4nc5ccc(Oc6cccnn6)cc5o4)C3)nc2C(N)=O)cn1. The Hall–Kier alpha value is -5.00. The van der Waals surface area contributed by atoms with Crippen molar-refractivity contribution in [2.45, 2.75) is 5.92 Å². The topological polar surface area (TPSA) is 150 Å². The van der Waals surface area contributed by atoms with Gasteiger partial charge in [0.25, 0.3) is 11.9 Å². The van der Waals surface area contributed by atoms with Gasteiger partial charge in [-0.1, -0.05) is 0 Å². The van der Waals surface area contributed by atoms with E-state index in [1.165, 1.54) is 0 Å². The summed E-state index contributed by atoms with van der Waals surface area (Å²) in [7, 11) is 1.81. The van der Waals surface area contributed by atoms with Crippen molar-refractivity contribution in [2.24, 2.45) is 12.8 Å². The van der Waals surface area contributed by atoms with Crippen molar-refractivity contribution < 1.29 is 13.9 Å². The van der Waals surface area contributed by atoms with Crippen LogP contribution in [-0.2, 0) is 7.05 Å². The minimum absolute atomic E-state index is 0.112. The minimum atomic E-state index is -0.599. The molecule has 36 heavy (non-hydrogen) atoms. The number of fused-ring (bicyclic) bond motifs is 1. The Bertz CT molecular complexity index is 1560. The number of nitrogens with zero attached hydrogens (tertiary/aromatic N) is 7. The number of aromatic nitrogens is 6. The molecule has 0 atom stereocenters. The number of oxazole rings is 1. The van der Waals surface area contributed by atoms with Crippen LogP contribution in [0.25, 0.3) is 11.1 Å². The molecule has 0 spiro atoms. The number of carbonyl (C=O) groups is 1. The molecule has 180 valence electrons. The Labute approximate surface area is 204 Å². The second-order valence-electron chi connectivity index (χ2n) is 8.42. The van der Waals surface area contributed by atoms with Gasteiger partial charge in [-0.25, -0.2) is 4.98 Å². The number of ether oxygens (including phenoxy) is 1. The second-order valence-corrected chi connectivity index (χ2v) is 8.42. The van der Waals surface area contributed by atoms with Crippen LogP contribution in [0.3, 0.4) is 0 Å². The molecule has 1 saturated heterocycles. The summed E-state index contributed by atoms with van der Waals surface area (Å²) in [6.07, 6.45) is 5.04. The van der Waals surface area contributed by atoms with E-state index in [0.717, 1.165) is 16.9 Å². The molecule has 0 radical (unpaired) electrons. The van der Waals surface area contributed by atoms with Gasteiger partial charge in [0, 0.05) is 56.3 Å². The zero-order valence-corrected chi connectivity index (χ0v) is 19.2. The molecule has 1 aromatic carbocycles. The quantitative estimate of drug-likeness (QED) is 0.353. The first-order chi connectivity index (χ1) is 17.5. The number of nitrogens with one attached hydrogen (secondary N) is 1. The number of primary amides is 1. The lowest BCUT2D eigenvalue weighted by atomic mass is 9.96. The first-order valence-corrected chi connectivity index (χ1v) is 11.2. The molecule has 0 aliphatic carbocycles. The monoisotopic (exact) mass is 483 g/mol. The number of aryl methyl sites for hydroxylation is 1. The van der Waals surface area contributed by atoms with Gasteiger partial charge in [0.2, 0.25) is 5.88 Å². The van der Waals surface area contributed by atoms with Gasteiger partial charge >= 0.3 is 0 Å². The summed E-state index contributed by atoms with van der Waals surface area (Å²) in [6.45, 7) is 1.30. The van der Waals surface area contributed by atoms with Crippen molar-refractivity contribution in [1.82, 2.24) is 29.9 Å². The van der Waals surface area contributed by atoms with E-state index in [9.17, 15) is 4.79 Å². The molecule has 4 aromatic heterocycles. The molecule has 1 amide bonds. The van der Waals surface area contributed by atoms with Crippen LogP contribution in [0.4, 0.5) is 17.4 Å². The van der Waals surface area contributed by atoms with Crippen LogP contribution < -0.4 is 20.7 Å². The fourth-order valence-electron chi connectivity index (χ4n) is 4.01. The molecule has 3 N–H and O–H groups in total. The van der Waals surface area contributed by atoms with Crippen molar-refractivity contribution in [3.05, 3.63) is 72.4 Å². The Morgan fingerprint density at radius 1 is 1.19 bits per heavy atom. The van der Waals surface area contributed by atoms with Gasteiger partial charge in [0.15, 0.2) is 11.3 Å². The molecular weight excluding hydrogens is 462 g/mol. The van der Waals surface area contributed by atoms with Crippen LogP contribution in [0, 0.1) is 0 Å². The fraction of sp³-hybridized carbons (Fsp3) is 0.167. The summed E-state index contributed by atoms with van der Waals surface area (Å²) in [4.78, 5) is 23.2. The maximum atomic E-state index is 12.1. The predicted molar refractivity (Wildman–Crippen MR) is 130 cm³/mol. The summed E-state index contributed by atoms with van der Waals surface area (Å²) in [5.41, 5.74) is 9.19. The number of benzene rings is 1. The molecule has 0 unspecified atom stereocenters. The number of hydrogen-bond acceptors (Lipinski definition) is 10. The van der Waals surface area contributed by atoms with Crippen molar-refractivity contribution >= 4 is 34.4 Å². The molecular formula is C24H21N9O3. The summed E-state index contributed by atoms with van der Waals surface area (Å²) in [6, 6.07) is 13.1. The van der Waals surface area contributed by atoms with Crippen molar-refractivity contribution in [3.63, 3.8) is 0 Å². The van der Waals surface area contributed by atoms with Gasteiger partial charge in [-0.05, 0) is 30.3 Å². The first kappa shape index (κ1) is 21.5. The van der Waals surface area contributed by atoms with E-state index in [0.29, 0.717) is 42.0 Å². The molecule has 5 heterocycles. The summed E-state index contributed by atoms with van der Waals surface area (Å²) in [5, 5.41) is 15.0. The van der Waals surface area contributed by atoms with Crippen LogP contribution in [0.5, 0.6) is 11.6 Å². The molecule has 1 fully saturated rings. The lowest BCUT2D eigenvalue weighted by Crippen LogP contribution is -2.45. The highest BCUT2D eigenvalue weighted by Crippen LogP contribution is 2.34. The van der Waals surface area contributed by atoms with Gasteiger partial charge in [-0.15, -0.1) is 5.10 Å². The van der Waals surface area contributed by atoms with E-state index in [-0.39, 0.29) is 11.6 Å². The van der Waals surface area contributed by atoms with E-state index in [1.807, 2.05) is 30.1 Å². The third-order valence-corrected chi connectivity index (χ3v) is 5.82. The number of pyridine rings is 1. The van der Waals surface area contributed by atoms with Crippen LogP contribution >= 0.6 is 0 Å². The van der Waals surface area contributed by atoms with E-state index in [1.54, 1.807) is 47.5 Å². The molecule has 0 saturated carbocycles. The predicted octanol–water partition coefficient (Wildman–Crippen LogP) is 2.98. The molecule has 12 nitrogen and oxygen atoms in total. The Balaban J connectivity index is 1.15. The highest BCUT2D eigenvalue weighted by molar-refractivity contribution is 5.97. The Morgan fingerprint density at radius 3 is 2.83 bits per heavy atom. The van der Waals surface area contributed by atoms with Crippen molar-refractivity contribution in [1.29, 1.82) is 0 Å². The van der Waals surface area contributed by atoms with Gasteiger partial charge in [-0.3, -0.25) is 9.48 Å². The third-order valence-electron chi connectivity index (χ3n) is 5.82. The van der Waals surface area contributed by atoms with E-state index in [2.05, 4.69) is 30.6 Å².